The molecule has 3 rings (SSSR count). The quantitative estimate of drug-likeness (QED) is 0.749. The third-order valence-electron chi connectivity index (χ3n) is 4.49. The summed E-state index contributed by atoms with van der Waals surface area (Å²) < 4.78 is 16.8. The lowest BCUT2D eigenvalue weighted by molar-refractivity contribution is 0.285. The van der Waals surface area contributed by atoms with Crippen LogP contribution in [0.25, 0.3) is 0 Å². The summed E-state index contributed by atoms with van der Waals surface area (Å²) in [4.78, 5) is 2.17. The van der Waals surface area contributed by atoms with Crippen molar-refractivity contribution >= 4 is 23.0 Å². The van der Waals surface area contributed by atoms with Crippen molar-refractivity contribution < 1.29 is 14.2 Å². The van der Waals surface area contributed by atoms with Gasteiger partial charge in [0.05, 0.1) is 20.3 Å². The van der Waals surface area contributed by atoms with Crippen molar-refractivity contribution in [1.29, 1.82) is 0 Å². The van der Waals surface area contributed by atoms with Crippen LogP contribution < -0.4 is 19.5 Å². The number of nitrogens with one attached hydrogen (secondary N) is 1. The summed E-state index contributed by atoms with van der Waals surface area (Å²) in [7, 11) is 1.66. The monoisotopic (exact) mass is 386 g/mol. The lowest BCUT2D eigenvalue weighted by Gasteiger charge is -2.32. The average Bonchev–Trinajstić information content (AvgIpc) is 2.68. The van der Waals surface area contributed by atoms with Crippen LogP contribution in [0, 0.1) is 0 Å². The Kier molecular flexibility index (Phi) is 6.40. The van der Waals surface area contributed by atoms with Gasteiger partial charge in [-0.05, 0) is 67.9 Å². The number of thiocarbonyl (C=S) groups is 1. The fourth-order valence-corrected chi connectivity index (χ4v) is 3.45. The number of nitrogens with zero attached hydrogens (tertiary/aromatic N) is 1. The second-order valence-corrected chi connectivity index (χ2v) is 6.65. The molecule has 2 aromatic rings. The fraction of sp³-hybridized carbons (Fsp3) is 0.381. The predicted octanol–water partition coefficient (Wildman–Crippen LogP) is 4.25. The Bertz CT molecular complexity index is 810. The highest BCUT2D eigenvalue weighted by atomic mass is 32.1. The second-order valence-electron chi connectivity index (χ2n) is 6.27. The third-order valence-corrected chi connectivity index (χ3v) is 4.85. The standard InChI is InChI=1S/C21H26N2O3S/c1-4-25-19-11-15-9-10-23(14-16(15)12-20(19)26-5-2)21(27)22-17-7-6-8-18(13-17)24-3/h6-8,11-13H,4-5,9-10,14H2,1-3H3,(H,22,27). The average molecular weight is 387 g/mol. The highest BCUT2D eigenvalue weighted by Crippen LogP contribution is 2.34. The van der Waals surface area contributed by atoms with Crippen molar-refractivity contribution in [3.8, 4) is 17.2 Å². The van der Waals surface area contributed by atoms with Crippen LogP contribution in [-0.2, 0) is 13.0 Å². The van der Waals surface area contributed by atoms with E-state index in [-0.39, 0.29) is 0 Å². The maximum atomic E-state index is 5.77. The van der Waals surface area contributed by atoms with Gasteiger partial charge in [-0.25, -0.2) is 0 Å². The first-order chi connectivity index (χ1) is 13.1. The Hall–Kier alpha value is -2.47. The van der Waals surface area contributed by atoms with Crippen molar-refractivity contribution in [2.45, 2.75) is 26.8 Å². The van der Waals surface area contributed by atoms with E-state index in [2.05, 4.69) is 22.3 Å². The summed E-state index contributed by atoms with van der Waals surface area (Å²) in [5, 5.41) is 4.02. The topological polar surface area (TPSA) is 43.0 Å². The van der Waals surface area contributed by atoms with Crippen LogP contribution in [0.15, 0.2) is 36.4 Å². The molecule has 0 saturated carbocycles. The van der Waals surface area contributed by atoms with Gasteiger partial charge in [0.1, 0.15) is 5.75 Å². The first kappa shape index (κ1) is 19.3. The number of hydrogen-bond donors (Lipinski definition) is 1. The van der Waals surface area contributed by atoms with E-state index >= 15 is 0 Å². The molecule has 0 unspecified atom stereocenters. The number of benzene rings is 2. The van der Waals surface area contributed by atoms with Gasteiger partial charge in [0.25, 0.3) is 0 Å². The summed E-state index contributed by atoms with van der Waals surface area (Å²) >= 11 is 5.63. The molecular weight excluding hydrogens is 360 g/mol. The molecule has 6 heteroatoms. The van der Waals surface area contributed by atoms with Gasteiger partial charge in [-0.3, -0.25) is 0 Å². The molecule has 1 N–H and O–H groups in total. The molecule has 1 aliphatic rings. The molecule has 0 bridgehead atoms. The minimum Gasteiger partial charge on any atom is -0.497 e. The van der Waals surface area contributed by atoms with Crippen LogP contribution in [-0.4, -0.2) is 36.9 Å². The molecule has 0 atom stereocenters. The van der Waals surface area contributed by atoms with Crippen LogP contribution in [0.4, 0.5) is 5.69 Å². The zero-order valence-corrected chi connectivity index (χ0v) is 16.9. The zero-order chi connectivity index (χ0) is 19.2. The van der Waals surface area contributed by atoms with Crippen LogP contribution in [0.5, 0.6) is 17.2 Å². The highest BCUT2D eigenvalue weighted by Gasteiger charge is 2.21. The van der Waals surface area contributed by atoms with E-state index in [0.717, 1.165) is 42.4 Å². The van der Waals surface area contributed by atoms with E-state index in [4.69, 9.17) is 26.4 Å². The molecule has 0 aromatic heterocycles. The molecule has 5 nitrogen and oxygen atoms in total. The lowest BCUT2D eigenvalue weighted by atomic mass is 9.99. The Morgan fingerprint density at radius 2 is 1.78 bits per heavy atom. The Balaban J connectivity index is 1.74. The summed E-state index contributed by atoms with van der Waals surface area (Å²) in [5.74, 6) is 2.42. The second kappa shape index (κ2) is 8.95. The molecule has 1 aliphatic heterocycles. The number of ether oxygens (including phenoxy) is 3. The number of anilines is 1. The van der Waals surface area contributed by atoms with Crippen molar-refractivity contribution in [3.63, 3.8) is 0 Å². The summed E-state index contributed by atoms with van der Waals surface area (Å²) in [6.45, 7) is 6.81. The van der Waals surface area contributed by atoms with Crippen molar-refractivity contribution in [3.05, 3.63) is 47.5 Å². The Morgan fingerprint density at radius 1 is 1.07 bits per heavy atom. The zero-order valence-electron chi connectivity index (χ0n) is 16.1. The number of hydrogen-bond acceptors (Lipinski definition) is 4. The van der Waals surface area contributed by atoms with E-state index in [1.165, 1.54) is 11.1 Å². The molecule has 2 aromatic carbocycles. The van der Waals surface area contributed by atoms with E-state index < -0.39 is 0 Å². The van der Waals surface area contributed by atoms with Gasteiger partial charge >= 0.3 is 0 Å². The largest absolute Gasteiger partial charge is 0.497 e. The molecule has 0 radical (unpaired) electrons. The minimum absolute atomic E-state index is 0.610. The van der Waals surface area contributed by atoms with E-state index in [1.807, 2.05) is 38.1 Å². The maximum absolute atomic E-state index is 5.77. The van der Waals surface area contributed by atoms with Crippen LogP contribution in [0.2, 0.25) is 0 Å². The van der Waals surface area contributed by atoms with E-state index in [0.29, 0.717) is 18.3 Å². The van der Waals surface area contributed by atoms with Crippen molar-refractivity contribution in [2.24, 2.45) is 0 Å². The Morgan fingerprint density at radius 3 is 2.44 bits per heavy atom. The van der Waals surface area contributed by atoms with Crippen LogP contribution in [0.1, 0.15) is 25.0 Å². The van der Waals surface area contributed by atoms with Crippen molar-refractivity contribution in [2.75, 3.05) is 32.2 Å². The van der Waals surface area contributed by atoms with Crippen molar-refractivity contribution in [1.82, 2.24) is 4.90 Å². The molecule has 0 spiro atoms. The summed E-state index contributed by atoms with van der Waals surface area (Å²) in [5.41, 5.74) is 3.44. The number of fused-ring (bicyclic) bond motifs is 1. The molecule has 0 saturated heterocycles. The van der Waals surface area contributed by atoms with Gasteiger partial charge in [0.2, 0.25) is 0 Å². The summed E-state index contributed by atoms with van der Waals surface area (Å²) in [6, 6.07) is 12.0. The predicted molar refractivity (Wildman–Crippen MR) is 112 cm³/mol. The minimum atomic E-state index is 0.610. The molecule has 144 valence electrons. The molecule has 1 heterocycles. The van der Waals surface area contributed by atoms with E-state index in [9.17, 15) is 0 Å². The smallest absolute Gasteiger partial charge is 0.173 e. The number of methoxy groups -OCH3 is 1. The normalized spacial score (nSPS) is 12.9. The molecule has 27 heavy (non-hydrogen) atoms. The molecule has 0 aliphatic carbocycles. The van der Waals surface area contributed by atoms with Gasteiger partial charge in [-0.2, -0.15) is 0 Å². The lowest BCUT2D eigenvalue weighted by Crippen LogP contribution is -2.38. The number of rotatable bonds is 6. The molecule has 0 amide bonds. The van der Waals surface area contributed by atoms with Gasteiger partial charge in [-0.1, -0.05) is 6.07 Å². The summed E-state index contributed by atoms with van der Waals surface area (Å²) in [6.07, 6.45) is 0.918. The highest BCUT2D eigenvalue weighted by molar-refractivity contribution is 7.80. The van der Waals surface area contributed by atoms with E-state index in [1.54, 1.807) is 7.11 Å². The first-order valence-electron chi connectivity index (χ1n) is 9.26. The third kappa shape index (κ3) is 4.63. The van der Waals surface area contributed by atoms with Gasteiger partial charge in [0, 0.05) is 24.8 Å². The van der Waals surface area contributed by atoms with Crippen LogP contribution in [0.3, 0.4) is 0 Å². The molecular formula is C21H26N2O3S. The van der Waals surface area contributed by atoms with Gasteiger partial charge in [0.15, 0.2) is 16.6 Å². The molecule has 0 fully saturated rings. The first-order valence-corrected chi connectivity index (χ1v) is 9.66. The van der Waals surface area contributed by atoms with Gasteiger partial charge < -0.3 is 24.4 Å². The Labute approximate surface area is 166 Å². The SMILES string of the molecule is CCOc1cc2c(cc1OCC)CN(C(=S)Nc1cccc(OC)c1)CC2. The maximum Gasteiger partial charge on any atom is 0.173 e. The van der Waals surface area contributed by atoms with Crippen LogP contribution >= 0.6 is 12.2 Å². The fourth-order valence-electron chi connectivity index (χ4n) is 3.18. The van der Waals surface area contributed by atoms with Gasteiger partial charge in [-0.15, -0.1) is 0 Å².